The van der Waals surface area contributed by atoms with Crippen LogP contribution in [0.3, 0.4) is 0 Å². The first-order valence-electron chi connectivity index (χ1n) is 9.15. The fourth-order valence-corrected chi connectivity index (χ4v) is 3.18. The van der Waals surface area contributed by atoms with Crippen LogP contribution >= 0.6 is 0 Å². The average molecular weight is 448 g/mol. The van der Waals surface area contributed by atoms with Crippen LogP contribution in [0.2, 0.25) is 0 Å². The smallest absolute Gasteiger partial charge is 0.200 e. The van der Waals surface area contributed by atoms with Gasteiger partial charge in [0.25, 0.3) is 0 Å². The summed E-state index contributed by atoms with van der Waals surface area (Å²) in [5.74, 6) is -9.85. The van der Waals surface area contributed by atoms with E-state index in [0.717, 1.165) is 0 Å². The van der Waals surface area contributed by atoms with Gasteiger partial charge in [-0.1, -0.05) is 18.2 Å². The third kappa shape index (κ3) is 3.55. The Morgan fingerprint density at radius 2 is 1.50 bits per heavy atom. The second-order valence-electron chi connectivity index (χ2n) is 6.67. The average Bonchev–Trinajstić information content (AvgIpc) is 2.81. The largest absolute Gasteiger partial charge is 0.496 e. The Morgan fingerprint density at radius 1 is 0.844 bits per heavy atom. The molecule has 0 aliphatic carbocycles. The fourth-order valence-electron chi connectivity index (χ4n) is 3.18. The predicted molar refractivity (Wildman–Crippen MR) is 105 cm³/mol. The van der Waals surface area contributed by atoms with Crippen molar-refractivity contribution in [3.8, 4) is 22.6 Å². The Bertz CT molecular complexity index is 1370. The van der Waals surface area contributed by atoms with Gasteiger partial charge in [-0.15, -0.1) is 0 Å². The first kappa shape index (κ1) is 21.4. The molecular weight excluding hydrogens is 435 g/mol. The number of fused-ring (bicyclic) bond motifs is 1. The maximum Gasteiger partial charge on any atom is 0.200 e. The number of methoxy groups -OCH3 is 1. The van der Waals surface area contributed by atoms with E-state index in [1.54, 1.807) is 24.3 Å². The maximum absolute atomic E-state index is 13.8. The number of ether oxygens (including phenoxy) is 2. The van der Waals surface area contributed by atoms with Gasteiger partial charge >= 0.3 is 0 Å². The van der Waals surface area contributed by atoms with Crippen molar-refractivity contribution in [2.24, 2.45) is 0 Å². The molecule has 1 aromatic heterocycles. The number of benzene rings is 3. The molecule has 32 heavy (non-hydrogen) atoms. The standard InChI is InChI=1S/C23H13F5O4/c1-30-16-5-3-2-4-12(16)14-9-32-17-8-11(6-7-13(17)23(14)29)31-10-15-18(24)20(26)22(28)21(27)19(15)25/h2-9H,10H2,1H3. The third-order valence-corrected chi connectivity index (χ3v) is 4.83. The first-order chi connectivity index (χ1) is 15.3. The molecule has 0 amide bonds. The summed E-state index contributed by atoms with van der Waals surface area (Å²) in [7, 11) is 1.47. The van der Waals surface area contributed by atoms with Gasteiger partial charge in [0, 0.05) is 11.6 Å². The van der Waals surface area contributed by atoms with Gasteiger partial charge in [0.1, 0.15) is 30.0 Å². The van der Waals surface area contributed by atoms with Gasteiger partial charge < -0.3 is 13.9 Å². The fraction of sp³-hybridized carbons (Fsp3) is 0.0870. The van der Waals surface area contributed by atoms with Crippen LogP contribution in [0, 0.1) is 29.1 Å². The van der Waals surface area contributed by atoms with Gasteiger partial charge in [-0.2, -0.15) is 0 Å². The van der Waals surface area contributed by atoms with E-state index in [4.69, 9.17) is 13.9 Å². The number of halogens is 5. The van der Waals surface area contributed by atoms with Crippen molar-refractivity contribution in [3.05, 3.63) is 93.6 Å². The minimum atomic E-state index is -2.25. The Labute approximate surface area is 177 Å². The van der Waals surface area contributed by atoms with Crippen molar-refractivity contribution in [1.29, 1.82) is 0 Å². The normalized spacial score (nSPS) is 11.1. The Morgan fingerprint density at radius 3 is 2.19 bits per heavy atom. The number of rotatable bonds is 5. The van der Waals surface area contributed by atoms with Gasteiger partial charge in [-0.05, 0) is 18.2 Å². The van der Waals surface area contributed by atoms with Crippen LogP contribution in [0.4, 0.5) is 22.0 Å². The highest BCUT2D eigenvalue weighted by atomic mass is 19.2. The molecule has 4 rings (SSSR count). The zero-order chi connectivity index (χ0) is 23.0. The molecule has 0 N–H and O–H groups in total. The molecule has 0 spiro atoms. The van der Waals surface area contributed by atoms with Crippen molar-refractivity contribution in [2.75, 3.05) is 7.11 Å². The lowest BCUT2D eigenvalue weighted by Crippen LogP contribution is -2.10. The molecule has 0 aliphatic rings. The summed E-state index contributed by atoms with van der Waals surface area (Å²) in [6, 6.07) is 10.8. The first-order valence-corrected chi connectivity index (χ1v) is 9.15. The highest BCUT2D eigenvalue weighted by Crippen LogP contribution is 2.30. The van der Waals surface area contributed by atoms with Crippen LogP contribution in [0.5, 0.6) is 11.5 Å². The van der Waals surface area contributed by atoms with Crippen LogP contribution in [-0.2, 0) is 6.61 Å². The minimum absolute atomic E-state index is 0.00497. The molecule has 9 heteroatoms. The molecule has 4 aromatic rings. The van der Waals surface area contributed by atoms with Crippen LogP contribution in [0.25, 0.3) is 22.1 Å². The molecule has 0 unspecified atom stereocenters. The zero-order valence-electron chi connectivity index (χ0n) is 16.3. The second-order valence-corrected chi connectivity index (χ2v) is 6.67. The maximum atomic E-state index is 13.8. The van der Waals surface area contributed by atoms with Gasteiger partial charge in [0.2, 0.25) is 11.2 Å². The third-order valence-electron chi connectivity index (χ3n) is 4.83. The van der Waals surface area contributed by atoms with E-state index in [1.807, 2.05) is 0 Å². The molecule has 0 saturated carbocycles. The molecule has 0 radical (unpaired) electrons. The lowest BCUT2D eigenvalue weighted by atomic mass is 10.0. The summed E-state index contributed by atoms with van der Waals surface area (Å²) in [5, 5.41) is 0.192. The highest BCUT2D eigenvalue weighted by Gasteiger charge is 2.26. The van der Waals surface area contributed by atoms with Gasteiger partial charge in [-0.3, -0.25) is 4.79 Å². The van der Waals surface area contributed by atoms with Gasteiger partial charge in [0.15, 0.2) is 23.3 Å². The van der Waals surface area contributed by atoms with Crippen molar-refractivity contribution in [3.63, 3.8) is 0 Å². The quantitative estimate of drug-likeness (QED) is 0.222. The highest BCUT2D eigenvalue weighted by molar-refractivity contribution is 5.83. The van der Waals surface area contributed by atoms with E-state index in [2.05, 4.69) is 0 Å². The summed E-state index contributed by atoms with van der Waals surface area (Å²) in [6.45, 7) is -0.930. The SMILES string of the molecule is COc1ccccc1-c1coc2cc(OCc3c(F)c(F)c(F)c(F)c3F)ccc2c1=O. The predicted octanol–water partition coefficient (Wildman–Crippen LogP) is 5.74. The van der Waals surface area contributed by atoms with Crippen LogP contribution in [-0.4, -0.2) is 7.11 Å². The Kier molecular flexibility index (Phi) is 5.56. The van der Waals surface area contributed by atoms with E-state index in [9.17, 15) is 26.7 Å². The van der Waals surface area contributed by atoms with Crippen molar-refractivity contribution in [1.82, 2.24) is 0 Å². The number of hydrogen-bond donors (Lipinski definition) is 0. The molecule has 164 valence electrons. The van der Waals surface area contributed by atoms with Crippen LogP contribution < -0.4 is 14.9 Å². The monoisotopic (exact) mass is 448 g/mol. The summed E-state index contributed by atoms with van der Waals surface area (Å²) < 4.78 is 83.4. The lowest BCUT2D eigenvalue weighted by Gasteiger charge is -2.11. The van der Waals surface area contributed by atoms with E-state index < -0.39 is 41.3 Å². The van der Waals surface area contributed by atoms with E-state index in [1.165, 1.54) is 31.6 Å². The molecule has 1 heterocycles. The number of hydrogen-bond acceptors (Lipinski definition) is 4. The molecule has 0 aliphatic heterocycles. The molecule has 4 nitrogen and oxygen atoms in total. The van der Waals surface area contributed by atoms with Crippen molar-refractivity contribution >= 4 is 11.0 Å². The summed E-state index contributed by atoms with van der Waals surface area (Å²) in [6.07, 6.45) is 1.23. The van der Waals surface area contributed by atoms with E-state index >= 15 is 0 Å². The Balaban J connectivity index is 1.67. The topological polar surface area (TPSA) is 48.7 Å². The summed E-state index contributed by atoms with van der Waals surface area (Å²) >= 11 is 0. The summed E-state index contributed by atoms with van der Waals surface area (Å²) in [4.78, 5) is 12.9. The minimum Gasteiger partial charge on any atom is -0.496 e. The van der Waals surface area contributed by atoms with Crippen LogP contribution in [0.1, 0.15) is 5.56 Å². The molecular formula is C23H13F5O4. The molecule has 0 saturated heterocycles. The molecule has 0 atom stereocenters. The van der Waals surface area contributed by atoms with Crippen molar-refractivity contribution in [2.45, 2.75) is 6.61 Å². The van der Waals surface area contributed by atoms with Gasteiger partial charge in [0.05, 0.1) is 23.6 Å². The Hall–Kier alpha value is -3.88. The molecule has 0 bridgehead atoms. The number of para-hydroxylation sites is 1. The van der Waals surface area contributed by atoms with Crippen molar-refractivity contribution < 1.29 is 35.8 Å². The van der Waals surface area contributed by atoms with E-state index in [0.29, 0.717) is 11.3 Å². The summed E-state index contributed by atoms with van der Waals surface area (Å²) in [5.41, 5.74) is -0.595. The van der Waals surface area contributed by atoms with Gasteiger partial charge in [-0.25, -0.2) is 22.0 Å². The molecule has 0 fully saturated rings. The molecule has 3 aromatic carbocycles. The second kappa shape index (κ2) is 8.33. The zero-order valence-corrected chi connectivity index (χ0v) is 16.3. The van der Waals surface area contributed by atoms with E-state index in [-0.39, 0.29) is 27.7 Å². The van der Waals surface area contributed by atoms with Crippen LogP contribution in [0.15, 0.2) is 57.9 Å². The lowest BCUT2D eigenvalue weighted by molar-refractivity contribution is 0.279.